The van der Waals surface area contributed by atoms with Crippen molar-refractivity contribution < 1.29 is 4.79 Å². The number of nitrogens with zero attached hydrogens (tertiary/aromatic N) is 1. The van der Waals surface area contributed by atoms with E-state index < -0.39 is 0 Å². The molecule has 4 heteroatoms. The maximum atomic E-state index is 12.5. The van der Waals surface area contributed by atoms with E-state index in [0.29, 0.717) is 6.04 Å². The number of hydrogen-bond acceptors (Lipinski definition) is 3. The zero-order valence-electron chi connectivity index (χ0n) is 12.8. The number of fused-ring (bicyclic) bond motifs is 1. The van der Waals surface area contributed by atoms with Gasteiger partial charge in [-0.05, 0) is 56.5 Å². The van der Waals surface area contributed by atoms with E-state index >= 15 is 0 Å². The number of anilines is 1. The summed E-state index contributed by atoms with van der Waals surface area (Å²) in [6, 6.07) is 6.51. The SMILES string of the molecule is CCN1CCCC1CNC(=O)c1cccc2c1CCCN2. The minimum Gasteiger partial charge on any atom is -0.385 e. The highest BCUT2D eigenvalue weighted by Crippen LogP contribution is 2.25. The van der Waals surface area contributed by atoms with Gasteiger partial charge in [0.25, 0.3) is 5.91 Å². The Morgan fingerprint density at radius 1 is 1.43 bits per heavy atom. The van der Waals surface area contributed by atoms with Gasteiger partial charge in [-0.25, -0.2) is 0 Å². The topological polar surface area (TPSA) is 44.4 Å². The molecule has 1 amide bonds. The molecule has 2 aliphatic heterocycles. The third-order valence-corrected chi connectivity index (χ3v) is 4.74. The number of likely N-dealkylation sites (tertiary alicyclic amines) is 1. The Labute approximate surface area is 126 Å². The molecule has 1 aromatic carbocycles. The molecule has 4 nitrogen and oxygen atoms in total. The number of benzene rings is 1. The number of nitrogens with one attached hydrogen (secondary N) is 2. The van der Waals surface area contributed by atoms with Crippen molar-refractivity contribution in [1.29, 1.82) is 0 Å². The molecule has 0 spiro atoms. The second-order valence-corrected chi connectivity index (χ2v) is 6.00. The fraction of sp³-hybridized carbons (Fsp3) is 0.588. The van der Waals surface area contributed by atoms with Crippen molar-refractivity contribution >= 4 is 11.6 Å². The van der Waals surface area contributed by atoms with Crippen molar-refractivity contribution in [2.24, 2.45) is 0 Å². The molecule has 1 atom stereocenters. The van der Waals surface area contributed by atoms with Gasteiger partial charge in [0.15, 0.2) is 0 Å². The van der Waals surface area contributed by atoms with Crippen molar-refractivity contribution in [2.75, 3.05) is 31.5 Å². The van der Waals surface area contributed by atoms with E-state index in [0.717, 1.165) is 43.7 Å². The van der Waals surface area contributed by atoms with Crippen molar-refractivity contribution in [1.82, 2.24) is 10.2 Å². The first-order valence-corrected chi connectivity index (χ1v) is 8.17. The highest BCUT2D eigenvalue weighted by molar-refractivity contribution is 5.97. The lowest BCUT2D eigenvalue weighted by molar-refractivity contribution is 0.0940. The van der Waals surface area contributed by atoms with Crippen LogP contribution in [0.4, 0.5) is 5.69 Å². The molecule has 0 aliphatic carbocycles. The predicted octanol–water partition coefficient (Wildman–Crippen LogP) is 2.26. The first-order chi connectivity index (χ1) is 10.3. The van der Waals surface area contributed by atoms with E-state index in [4.69, 9.17) is 0 Å². The highest BCUT2D eigenvalue weighted by Gasteiger charge is 2.24. The number of amides is 1. The molecule has 2 heterocycles. The van der Waals surface area contributed by atoms with Gasteiger partial charge in [0.1, 0.15) is 0 Å². The van der Waals surface area contributed by atoms with Crippen molar-refractivity contribution in [3.8, 4) is 0 Å². The van der Waals surface area contributed by atoms with Crippen LogP contribution in [-0.4, -0.2) is 43.0 Å². The Morgan fingerprint density at radius 3 is 3.19 bits per heavy atom. The lowest BCUT2D eigenvalue weighted by Crippen LogP contribution is -2.40. The standard InChI is InChI=1S/C17H25N3O/c1-2-20-11-5-6-13(20)12-19-17(21)15-7-3-9-16-14(15)8-4-10-18-16/h3,7,9,13,18H,2,4-6,8,10-12H2,1H3,(H,19,21). The van der Waals surface area contributed by atoms with Crippen molar-refractivity contribution in [3.63, 3.8) is 0 Å². The number of hydrogen-bond donors (Lipinski definition) is 2. The van der Waals surface area contributed by atoms with Gasteiger partial charge < -0.3 is 10.6 Å². The number of carbonyl (C=O) groups is 1. The van der Waals surface area contributed by atoms with Gasteiger partial charge >= 0.3 is 0 Å². The van der Waals surface area contributed by atoms with E-state index in [9.17, 15) is 4.79 Å². The summed E-state index contributed by atoms with van der Waals surface area (Å²) in [6.07, 6.45) is 4.54. The molecule has 0 aromatic heterocycles. The molecule has 2 N–H and O–H groups in total. The van der Waals surface area contributed by atoms with Crippen LogP contribution in [0.25, 0.3) is 0 Å². The van der Waals surface area contributed by atoms with Crippen LogP contribution in [0.15, 0.2) is 18.2 Å². The van der Waals surface area contributed by atoms with Crippen molar-refractivity contribution in [2.45, 2.75) is 38.6 Å². The van der Waals surface area contributed by atoms with Crippen LogP contribution in [0.2, 0.25) is 0 Å². The summed E-state index contributed by atoms with van der Waals surface area (Å²) < 4.78 is 0. The summed E-state index contributed by atoms with van der Waals surface area (Å²) in [6.45, 7) is 6.21. The largest absolute Gasteiger partial charge is 0.385 e. The van der Waals surface area contributed by atoms with Crippen molar-refractivity contribution in [3.05, 3.63) is 29.3 Å². The van der Waals surface area contributed by atoms with Gasteiger partial charge in [0.2, 0.25) is 0 Å². The Kier molecular flexibility index (Phi) is 4.44. The zero-order chi connectivity index (χ0) is 14.7. The third-order valence-electron chi connectivity index (χ3n) is 4.74. The normalized spacial score (nSPS) is 21.7. The molecule has 0 bridgehead atoms. The smallest absolute Gasteiger partial charge is 0.251 e. The highest BCUT2D eigenvalue weighted by atomic mass is 16.1. The quantitative estimate of drug-likeness (QED) is 0.893. The molecule has 1 unspecified atom stereocenters. The molecule has 2 aliphatic rings. The molecule has 3 rings (SSSR count). The van der Waals surface area contributed by atoms with Crippen LogP contribution in [-0.2, 0) is 6.42 Å². The first-order valence-electron chi connectivity index (χ1n) is 8.17. The maximum absolute atomic E-state index is 12.5. The van der Waals surface area contributed by atoms with E-state index in [1.807, 2.05) is 12.1 Å². The fourth-order valence-corrected chi connectivity index (χ4v) is 3.57. The predicted molar refractivity (Wildman–Crippen MR) is 85.9 cm³/mol. The summed E-state index contributed by atoms with van der Waals surface area (Å²) in [4.78, 5) is 15.0. The van der Waals surface area contributed by atoms with E-state index in [1.54, 1.807) is 0 Å². The second kappa shape index (κ2) is 6.48. The monoisotopic (exact) mass is 287 g/mol. The average molecular weight is 287 g/mol. The number of likely N-dealkylation sites (N-methyl/N-ethyl adjacent to an activating group) is 1. The zero-order valence-corrected chi connectivity index (χ0v) is 12.8. The molecule has 1 fully saturated rings. The van der Waals surface area contributed by atoms with Crippen LogP contribution in [0.1, 0.15) is 42.1 Å². The summed E-state index contributed by atoms with van der Waals surface area (Å²) >= 11 is 0. The van der Waals surface area contributed by atoms with Crippen LogP contribution in [0, 0.1) is 0 Å². The molecule has 1 saturated heterocycles. The van der Waals surface area contributed by atoms with Gasteiger partial charge in [-0.15, -0.1) is 0 Å². The molecule has 21 heavy (non-hydrogen) atoms. The summed E-state index contributed by atoms with van der Waals surface area (Å²) in [5.74, 6) is 0.0819. The lowest BCUT2D eigenvalue weighted by Gasteiger charge is -2.24. The molecular formula is C17H25N3O. The molecule has 0 radical (unpaired) electrons. The van der Waals surface area contributed by atoms with Crippen LogP contribution in [0.3, 0.4) is 0 Å². The van der Waals surface area contributed by atoms with Crippen LogP contribution < -0.4 is 10.6 Å². The molecule has 0 saturated carbocycles. The third kappa shape index (κ3) is 3.05. The van der Waals surface area contributed by atoms with Gasteiger partial charge in [-0.3, -0.25) is 9.69 Å². The lowest BCUT2D eigenvalue weighted by atomic mass is 9.97. The Hall–Kier alpha value is -1.55. The molecular weight excluding hydrogens is 262 g/mol. The summed E-state index contributed by atoms with van der Waals surface area (Å²) in [5, 5.41) is 6.53. The molecule has 114 valence electrons. The van der Waals surface area contributed by atoms with Gasteiger partial charge in [-0.2, -0.15) is 0 Å². The van der Waals surface area contributed by atoms with E-state index in [2.05, 4.69) is 28.5 Å². The minimum absolute atomic E-state index is 0.0819. The minimum atomic E-state index is 0.0819. The molecule has 1 aromatic rings. The van der Waals surface area contributed by atoms with E-state index in [-0.39, 0.29) is 5.91 Å². The Balaban J connectivity index is 1.66. The summed E-state index contributed by atoms with van der Waals surface area (Å²) in [5.41, 5.74) is 3.16. The Morgan fingerprint density at radius 2 is 2.33 bits per heavy atom. The Bertz CT molecular complexity index is 515. The summed E-state index contributed by atoms with van der Waals surface area (Å²) in [7, 11) is 0. The number of carbonyl (C=O) groups excluding carboxylic acids is 1. The van der Waals surface area contributed by atoms with Gasteiger partial charge in [0.05, 0.1) is 0 Å². The number of rotatable bonds is 4. The first kappa shape index (κ1) is 14.4. The van der Waals surface area contributed by atoms with Gasteiger partial charge in [-0.1, -0.05) is 13.0 Å². The fourth-order valence-electron chi connectivity index (χ4n) is 3.57. The van der Waals surface area contributed by atoms with E-state index in [1.165, 1.54) is 24.9 Å². The van der Waals surface area contributed by atoms with Crippen LogP contribution in [0.5, 0.6) is 0 Å². The maximum Gasteiger partial charge on any atom is 0.251 e. The second-order valence-electron chi connectivity index (χ2n) is 6.00. The average Bonchev–Trinajstić information content (AvgIpc) is 2.99. The van der Waals surface area contributed by atoms with Gasteiger partial charge in [0, 0.05) is 30.4 Å². The van der Waals surface area contributed by atoms with Crippen LogP contribution >= 0.6 is 0 Å².